The van der Waals surface area contributed by atoms with Gasteiger partial charge >= 0.3 is 0 Å². The minimum absolute atomic E-state index is 0.00521. The van der Waals surface area contributed by atoms with Crippen LogP contribution in [0.3, 0.4) is 0 Å². The number of benzene rings is 2. The molecule has 1 amide bonds. The summed E-state index contributed by atoms with van der Waals surface area (Å²) < 4.78 is 14.5. The Morgan fingerprint density at radius 3 is 2.73 bits per heavy atom. The fraction of sp³-hybridized carbons (Fsp3) is 0.188. The van der Waals surface area contributed by atoms with Crippen LogP contribution in [0, 0.1) is 9.39 Å². The highest BCUT2D eigenvalue weighted by Crippen LogP contribution is 2.20. The van der Waals surface area contributed by atoms with Crippen LogP contribution in [0.25, 0.3) is 0 Å². The Morgan fingerprint density at radius 2 is 2.09 bits per heavy atom. The number of hydrogen-bond donors (Lipinski definition) is 2. The molecule has 116 valence electrons. The summed E-state index contributed by atoms with van der Waals surface area (Å²) in [5.74, 6) is -0.819. The first-order valence-electron chi connectivity index (χ1n) is 6.59. The lowest BCUT2D eigenvalue weighted by Gasteiger charge is -2.17. The van der Waals surface area contributed by atoms with E-state index in [9.17, 15) is 14.3 Å². The summed E-state index contributed by atoms with van der Waals surface area (Å²) in [6.07, 6.45) is 0.198. The number of amides is 1. The molecule has 0 radical (unpaired) electrons. The summed E-state index contributed by atoms with van der Waals surface area (Å²) in [7, 11) is 0. The first-order chi connectivity index (χ1) is 10.5. The fourth-order valence-corrected chi connectivity index (χ4v) is 2.77. The molecule has 0 aromatic heterocycles. The SMILES string of the molecule is O=C(Cc1cccc(I)c1)NC(CO)c1ccc(Cl)c(F)c1. The van der Waals surface area contributed by atoms with Crippen molar-refractivity contribution in [2.45, 2.75) is 12.5 Å². The van der Waals surface area contributed by atoms with Gasteiger partial charge in [0.15, 0.2) is 0 Å². The molecule has 0 spiro atoms. The van der Waals surface area contributed by atoms with Gasteiger partial charge in [-0.25, -0.2) is 4.39 Å². The van der Waals surface area contributed by atoms with E-state index in [1.165, 1.54) is 12.1 Å². The molecule has 2 rings (SSSR count). The maximum Gasteiger partial charge on any atom is 0.224 e. The van der Waals surface area contributed by atoms with Crippen molar-refractivity contribution in [2.24, 2.45) is 0 Å². The zero-order valence-corrected chi connectivity index (χ0v) is 14.4. The van der Waals surface area contributed by atoms with Crippen LogP contribution < -0.4 is 5.32 Å². The Labute approximate surface area is 146 Å². The third-order valence-electron chi connectivity index (χ3n) is 3.12. The van der Waals surface area contributed by atoms with Crippen LogP contribution in [0.15, 0.2) is 42.5 Å². The third-order valence-corrected chi connectivity index (χ3v) is 4.10. The average Bonchev–Trinajstić information content (AvgIpc) is 2.48. The molecule has 0 fully saturated rings. The second-order valence-electron chi connectivity index (χ2n) is 4.78. The summed E-state index contributed by atoms with van der Waals surface area (Å²) in [5, 5.41) is 12.1. The monoisotopic (exact) mass is 433 g/mol. The Kier molecular flexibility index (Phi) is 6.16. The maximum absolute atomic E-state index is 13.5. The third kappa shape index (κ3) is 4.66. The van der Waals surface area contributed by atoms with Gasteiger partial charge < -0.3 is 10.4 Å². The van der Waals surface area contributed by atoms with Gasteiger partial charge in [-0.2, -0.15) is 0 Å². The molecule has 0 aliphatic heterocycles. The predicted molar refractivity (Wildman–Crippen MR) is 92.2 cm³/mol. The second-order valence-corrected chi connectivity index (χ2v) is 6.44. The highest BCUT2D eigenvalue weighted by molar-refractivity contribution is 14.1. The summed E-state index contributed by atoms with van der Waals surface area (Å²) in [5.41, 5.74) is 1.35. The molecular weight excluding hydrogens is 420 g/mol. The number of carbonyl (C=O) groups is 1. The van der Waals surface area contributed by atoms with Crippen molar-refractivity contribution in [2.75, 3.05) is 6.61 Å². The molecular formula is C16H14ClFINO2. The summed E-state index contributed by atoms with van der Waals surface area (Å²) in [6, 6.07) is 11.1. The zero-order valence-electron chi connectivity index (χ0n) is 11.5. The Hall–Kier alpha value is -1.18. The van der Waals surface area contributed by atoms with E-state index in [0.717, 1.165) is 9.13 Å². The fourth-order valence-electron chi connectivity index (χ4n) is 2.04. The van der Waals surface area contributed by atoms with Gasteiger partial charge in [0, 0.05) is 3.57 Å². The van der Waals surface area contributed by atoms with Crippen LogP contribution in [0.2, 0.25) is 5.02 Å². The summed E-state index contributed by atoms with van der Waals surface area (Å²) >= 11 is 7.81. The van der Waals surface area contributed by atoms with Crippen molar-refractivity contribution >= 4 is 40.1 Å². The number of aliphatic hydroxyl groups excluding tert-OH is 1. The highest BCUT2D eigenvalue weighted by atomic mass is 127. The van der Waals surface area contributed by atoms with E-state index in [1.54, 1.807) is 6.07 Å². The molecule has 2 aromatic rings. The molecule has 2 aromatic carbocycles. The molecule has 1 atom stereocenters. The normalized spacial score (nSPS) is 12.0. The van der Waals surface area contributed by atoms with E-state index in [0.29, 0.717) is 5.56 Å². The van der Waals surface area contributed by atoms with E-state index in [4.69, 9.17) is 11.6 Å². The Balaban J connectivity index is 2.06. The van der Waals surface area contributed by atoms with Gasteiger partial charge in [-0.1, -0.05) is 29.8 Å². The minimum atomic E-state index is -0.665. The lowest BCUT2D eigenvalue weighted by molar-refractivity contribution is -0.121. The van der Waals surface area contributed by atoms with Crippen LogP contribution in [-0.4, -0.2) is 17.6 Å². The molecule has 0 heterocycles. The number of carbonyl (C=O) groups excluding carboxylic acids is 1. The number of nitrogens with one attached hydrogen (secondary N) is 1. The van der Waals surface area contributed by atoms with E-state index in [-0.39, 0.29) is 24.0 Å². The van der Waals surface area contributed by atoms with Gasteiger partial charge in [0.25, 0.3) is 0 Å². The zero-order chi connectivity index (χ0) is 16.1. The van der Waals surface area contributed by atoms with E-state index in [2.05, 4.69) is 27.9 Å². The van der Waals surface area contributed by atoms with Gasteiger partial charge in [0.05, 0.1) is 24.1 Å². The molecule has 2 N–H and O–H groups in total. The molecule has 0 saturated carbocycles. The highest BCUT2D eigenvalue weighted by Gasteiger charge is 2.15. The van der Waals surface area contributed by atoms with Crippen LogP contribution in [-0.2, 0) is 11.2 Å². The molecule has 1 unspecified atom stereocenters. The lowest BCUT2D eigenvalue weighted by Crippen LogP contribution is -2.32. The molecule has 0 aliphatic rings. The van der Waals surface area contributed by atoms with Crippen LogP contribution in [0.5, 0.6) is 0 Å². The summed E-state index contributed by atoms with van der Waals surface area (Å²) in [6.45, 7) is -0.320. The molecule has 0 bridgehead atoms. The number of rotatable bonds is 5. The first-order valence-corrected chi connectivity index (χ1v) is 8.05. The van der Waals surface area contributed by atoms with E-state index in [1.807, 2.05) is 24.3 Å². The molecule has 6 heteroatoms. The molecule has 3 nitrogen and oxygen atoms in total. The van der Waals surface area contributed by atoms with E-state index >= 15 is 0 Å². The topological polar surface area (TPSA) is 49.3 Å². The Morgan fingerprint density at radius 1 is 1.32 bits per heavy atom. The maximum atomic E-state index is 13.5. The standard InChI is InChI=1S/C16H14ClFINO2/c17-13-5-4-11(8-14(13)18)15(9-21)20-16(22)7-10-2-1-3-12(19)6-10/h1-6,8,15,21H,7,9H2,(H,20,22). The van der Waals surface area contributed by atoms with Crippen molar-refractivity contribution in [3.05, 3.63) is 68.0 Å². The smallest absolute Gasteiger partial charge is 0.224 e. The van der Waals surface area contributed by atoms with Gasteiger partial charge in [0.1, 0.15) is 5.82 Å². The van der Waals surface area contributed by atoms with Crippen LogP contribution in [0.1, 0.15) is 17.2 Å². The van der Waals surface area contributed by atoms with E-state index < -0.39 is 11.9 Å². The van der Waals surface area contributed by atoms with Gasteiger partial charge in [-0.15, -0.1) is 0 Å². The van der Waals surface area contributed by atoms with Crippen LogP contribution in [0.4, 0.5) is 4.39 Å². The Bertz CT molecular complexity index is 681. The minimum Gasteiger partial charge on any atom is -0.394 e. The second kappa shape index (κ2) is 7.89. The van der Waals surface area contributed by atoms with Crippen molar-refractivity contribution in [3.63, 3.8) is 0 Å². The average molecular weight is 434 g/mol. The summed E-state index contributed by atoms with van der Waals surface area (Å²) in [4.78, 5) is 12.1. The van der Waals surface area contributed by atoms with Crippen molar-refractivity contribution in [3.8, 4) is 0 Å². The lowest BCUT2D eigenvalue weighted by atomic mass is 10.1. The number of aliphatic hydroxyl groups is 1. The quantitative estimate of drug-likeness (QED) is 0.710. The molecule has 22 heavy (non-hydrogen) atoms. The predicted octanol–water partition coefficient (Wildman–Crippen LogP) is 3.48. The van der Waals surface area contributed by atoms with Crippen LogP contribution >= 0.6 is 34.2 Å². The molecule has 0 aliphatic carbocycles. The van der Waals surface area contributed by atoms with Gasteiger partial charge in [-0.3, -0.25) is 4.79 Å². The first kappa shape index (κ1) is 17.2. The largest absolute Gasteiger partial charge is 0.394 e. The van der Waals surface area contributed by atoms with Gasteiger partial charge in [-0.05, 0) is 58.0 Å². The van der Waals surface area contributed by atoms with Crippen molar-refractivity contribution in [1.29, 1.82) is 0 Å². The number of halogens is 3. The number of hydrogen-bond acceptors (Lipinski definition) is 2. The van der Waals surface area contributed by atoms with Gasteiger partial charge in [0.2, 0.25) is 5.91 Å². The van der Waals surface area contributed by atoms with Crippen molar-refractivity contribution < 1.29 is 14.3 Å². The van der Waals surface area contributed by atoms with Crippen molar-refractivity contribution in [1.82, 2.24) is 5.32 Å². The molecule has 0 saturated heterocycles.